The number of aryl methyl sites for hydroxylation is 1. The van der Waals surface area contributed by atoms with Crippen LogP contribution in [0.1, 0.15) is 19.1 Å². The second kappa shape index (κ2) is 6.84. The number of ether oxygens (including phenoxy) is 1. The molecule has 0 atom stereocenters. The van der Waals surface area contributed by atoms with Gasteiger partial charge in [0, 0.05) is 25.8 Å². The molecule has 0 spiro atoms. The van der Waals surface area contributed by atoms with Crippen molar-refractivity contribution >= 4 is 11.8 Å². The molecule has 0 bridgehead atoms. The van der Waals surface area contributed by atoms with Gasteiger partial charge in [0.05, 0.1) is 0 Å². The maximum Gasteiger partial charge on any atom is 0.320 e. The zero-order chi connectivity index (χ0) is 11.8. The van der Waals surface area contributed by atoms with Crippen LogP contribution in [0.15, 0.2) is 10.6 Å². The normalized spacial score (nSPS) is 10.1. The van der Waals surface area contributed by atoms with Gasteiger partial charge in [0.2, 0.25) is 0 Å². The molecule has 1 aromatic rings. The topological polar surface area (TPSA) is 76.4 Å². The van der Waals surface area contributed by atoms with E-state index in [-0.39, 0.29) is 6.03 Å². The van der Waals surface area contributed by atoms with E-state index in [0.29, 0.717) is 31.3 Å². The number of carbonyl (C=O) groups is 1. The van der Waals surface area contributed by atoms with Crippen molar-refractivity contribution in [2.24, 2.45) is 0 Å². The smallest absolute Gasteiger partial charge is 0.320 e. The molecule has 0 unspecified atom stereocenters. The molecule has 0 saturated carbocycles. The molecular formula is C10H17N3O3. The zero-order valence-electron chi connectivity index (χ0n) is 9.58. The number of hydrogen-bond acceptors (Lipinski definition) is 4. The second-order valence-corrected chi connectivity index (χ2v) is 3.25. The molecule has 6 nitrogen and oxygen atoms in total. The lowest BCUT2D eigenvalue weighted by Crippen LogP contribution is -2.30. The van der Waals surface area contributed by atoms with Gasteiger partial charge >= 0.3 is 6.03 Å². The van der Waals surface area contributed by atoms with E-state index in [1.165, 1.54) is 0 Å². The molecule has 0 aliphatic heterocycles. The van der Waals surface area contributed by atoms with Crippen molar-refractivity contribution in [2.75, 3.05) is 25.1 Å². The minimum absolute atomic E-state index is 0.287. The van der Waals surface area contributed by atoms with Gasteiger partial charge < -0.3 is 14.6 Å². The van der Waals surface area contributed by atoms with Crippen LogP contribution < -0.4 is 10.6 Å². The predicted molar refractivity (Wildman–Crippen MR) is 59.4 cm³/mol. The molecule has 2 amide bonds. The van der Waals surface area contributed by atoms with E-state index in [1.807, 2.05) is 6.92 Å². The fourth-order valence-electron chi connectivity index (χ4n) is 1.11. The number of anilines is 1. The van der Waals surface area contributed by atoms with Crippen molar-refractivity contribution in [2.45, 2.75) is 20.3 Å². The molecule has 1 aromatic heterocycles. The van der Waals surface area contributed by atoms with Crippen LogP contribution in [0.4, 0.5) is 10.6 Å². The van der Waals surface area contributed by atoms with Crippen molar-refractivity contribution < 1.29 is 14.1 Å². The molecule has 6 heteroatoms. The lowest BCUT2D eigenvalue weighted by Gasteiger charge is -2.04. The summed E-state index contributed by atoms with van der Waals surface area (Å²) in [6.45, 7) is 5.62. The van der Waals surface area contributed by atoms with Gasteiger partial charge in [-0.2, -0.15) is 0 Å². The van der Waals surface area contributed by atoms with Gasteiger partial charge in [0.25, 0.3) is 0 Å². The molecule has 0 aliphatic carbocycles. The van der Waals surface area contributed by atoms with Crippen LogP contribution in [0.5, 0.6) is 0 Å². The first-order valence-corrected chi connectivity index (χ1v) is 5.28. The molecule has 0 radical (unpaired) electrons. The average Bonchev–Trinajstić information content (AvgIpc) is 2.63. The van der Waals surface area contributed by atoms with Crippen LogP contribution in [0, 0.1) is 6.92 Å². The molecule has 90 valence electrons. The third-order valence-electron chi connectivity index (χ3n) is 1.82. The number of carbonyl (C=O) groups excluding carboxylic acids is 1. The summed E-state index contributed by atoms with van der Waals surface area (Å²) >= 11 is 0. The second-order valence-electron chi connectivity index (χ2n) is 3.25. The number of urea groups is 1. The van der Waals surface area contributed by atoms with Crippen LogP contribution in [0.25, 0.3) is 0 Å². The van der Waals surface area contributed by atoms with Gasteiger partial charge in [0.15, 0.2) is 5.82 Å². The van der Waals surface area contributed by atoms with Crippen molar-refractivity contribution in [1.29, 1.82) is 0 Å². The molecule has 0 saturated heterocycles. The summed E-state index contributed by atoms with van der Waals surface area (Å²) in [4.78, 5) is 11.3. The number of nitrogens with zero attached hydrogens (tertiary/aromatic N) is 1. The van der Waals surface area contributed by atoms with Gasteiger partial charge in [-0.15, -0.1) is 0 Å². The first kappa shape index (κ1) is 12.5. The van der Waals surface area contributed by atoms with E-state index in [4.69, 9.17) is 9.26 Å². The monoisotopic (exact) mass is 227 g/mol. The van der Waals surface area contributed by atoms with E-state index in [9.17, 15) is 4.79 Å². The van der Waals surface area contributed by atoms with Crippen LogP contribution in [-0.4, -0.2) is 30.9 Å². The van der Waals surface area contributed by atoms with Crippen molar-refractivity contribution in [1.82, 2.24) is 10.5 Å². The summed E-state index contributed by atoms with van der Waals surface area (Å²) in [7, 11) is 0. The molecule has 0 fully saturated rings. The fourth-order valence-corrected chi connectivity index (χ4v) is 1.11. The molecular weight excluding hydrogens is 210 g/mol. The van der Waals surface area contributed by atoms with E-state index < -0.39 is 0 Å². The van der Waals surface area contributed by atoms with E-state index in [0.717, 1.165) is 6.42 Å². The molecule has 16 heavy (non-hydrogen) atoms. The number of rotatable bonds is 6. The van der Waals surface area contributed by atoms with Crippen LogP contribution in [0.3, 0.4) is 0 Å². The minimum Gasteiger partial charge on any atom is -0.382 e. The lowest BCUT2D eigenvalue weighted by atomic mass is 10.4. The Bertz CT molecular complexity index is 325. The van der Waals surface area contributed by atoms with Crippen LogP contribution in [-0.2, 0) is 4.74 Å². The summed E-state index contributed by atoms with van der Waals surface area (Å²) in [6.07, 6.45) is 0.791. The Labute approximate surface area is 94.3 Å². The Morgan fingerprint density at radius 2 is 2.44 bits per heavy atom. The summed E-state index contributed by atoms with van der Waals surface area (Å²) in [6, 6.07) is 1.37. The molecule has 1 heterocycles. The lowest BCUT2D eigenvalue weighted by molar-refractivity contribution is 0.145. The Kier molecular flexibility index (Phi) is 5.35. The highest BCUT2D eigenvalue weighted by Gasteiger charge is 2.04. The minimum atomic E-state index is -0.287. The van der Waals surface area contributed by atoms with Gasteiger partial charge in [0.1, 0.15) is 5.76 Å². The quantitative estimate of drug-likeness (QED) is 0.722. The summed E-state index contributed by atoms with van der Waals surface area (Å²) in [5.74, 6) is 1.08. The first-order valence-electron chi connectivity index (χ1n) is 5.28. The van der Waals surface area contributed by atoms with Crippen molar-refractivity contribution in [3.63, 3.8) is 0 Å². The Morgan fingerprint density at radius 1 is 1.62 bits per heavy atom. The highest BCUT2D eigenvalue weighted by molar-refractivity contribution is 5.88. The Balaban J connectivity index is 2.11. The van der Waals surface area contributed by atoms with Gasteiger partial charge in [-0.25, -0.2) is 4.79 Å². The third kappa shape index (κ3) is 4.79. The van der Waals surface area contributed by atoms with Gasteiger partial charge in [-0.05, 0) is 20.3 Å². The van der Waals surface area contributed by atoms with E-state index in [2.05, 4.69) is 15.8 Å². The number of hydrogen-bond donors (Lipinski definition) is 2. The first-order chi connectivity index (χ1) is 7.72. The van der Waals surface area contributed by atoms with Gasteiger partial charge in [-0.3, -0.25) is 5.32 Å². The largest absolute Gasteiger partial charge is 0.382 e. The van der Waals surface area contributed by atoms with Gasteiger partial charge in [-0.1, -0.05) is 5.16 Å². The standard InChI is InChI=1S/C10H17N3O3/c1-3-15-6-4-5-11-10(14)12-9-7-8(2)16-13-9/h7H,3-6H2,1-2H3,(H2,11,12,13,14). The van der Waals surface area contributed by atoms with Crippen molar-refractivity contribution in [3.05, 3.63) is 11.8 Å². The molecule has 2 N–H and O–H groups in total. The summed E-state index contributed by atoms with van der Waals surface area (Å²) in [5, 5.41) is 8.89. The maximum atomic E-state index is 11.3. The highest BCUT2D eigenvalue weighted by atomic mass is 16.5. The van der Waals surface area contributed by atoms with E-state index >= 15 is 0 Å². The fraction of sp³-hybridized carbons (Fsp3) is 0.600. The predicted octanol–water partition coefficient (Wildman–Crippen LogP) is 1.53. The Hall–Kier alpha value is -1.56. The maximum absolute atomic E-state index is 11.3. The number of nitrogens with one attached hydrogen (secondary N) is 2. The Morgan fingerprint density at radius 3 is 3.06 bits per heavy atom. The summed E-state index contributed by atoms with van der Waals surface area (Å²) in [5.41, 5.74) is 0. The third-order valence-corrected chi connectivity index (χ3v) is 1.82. The number of aromatic nitrogens is 1. The average molecular weight is 227 g/mol. The molecule has 0 aromatic carbocycles. The summed E-state index contributed by atoms with van der Waals surface area (Å²) < 4.78 is 9.95. The van der Waals surface area contributed by atoms with Crippen LogP contribution >= 0.6 is 0 Å². The molecule has 0 aliphatic rings. The number of amides is 2. The highest BCUT2D eigenvalue weighted by Crippen LogP contribution is 2.06. The van der Waals surface area contributed by atoms with Crippen LogP contribution in [0.2, 0.25) is 0 Å². The SMILES string of the molecule is CCOCCCNC(=O)Nc1cc(C)on1. The van der Waals surface area contributed by atoms with E-state index in [1.54, 1.807) is 13.0 Å². The zero-order valence-corrected chi connectivity index (χ0v) is 9.58. The molecule has 1 rings (SSSR count). The van der Waals surface area contributed by atoms with Crippen molar-refractivity contribution in [3.8, 4) is 0 Å².